The van der Waals surface area contributed by atoms with Gasteiger partial charge in [-0.3, -0.25) is 4.79 Å². The van der Waals surface area contributed by atoms with Crippen molar-refractivity contribution in [2.45, 2.75) is 20.0 Å². The molecule has 0 saturated heterocycles. The summed E-state index contributed by atoms with van der Waals surface area (Å²) in [6.07, 6.45) is 0.710. The molecule has 3 nitrogen and oxygen atoms in total. The number of halogens is 1. The number of hydrogen-bond donors (Lipinski definition) is 0. The van der Waals surface area contributed by atoms with Crippen LogP contribution in [0.1, 0.15) is 24.2 Å². The van der Waals surface area contributed by atoms with Crippen molar-refractivity contribution >= 4 is 17.9 Å². The maximum Gasteiger partial charge on any atom is 0.163 e. The highest BCUT2D eigenvalue weighted by molar-refractivity contribution is 6.33. The van der Waals surface area contributed by atoms with Gasteiger partial charge in [0.05, 0.1) is 18.2 Å². The zero-order valence-corrected chi connectivity index (χ0v) is 9.67. The number of rotatable bonds is 4. The van der Waals surface area contributed by atoms with E-state index >= 15 is 0 Å². The van der Waals surface area contributed by atoms with Crippen molar-refractivity contribution in [2.75, 3.05) is 7.11 Å². The van der Waals surface area contributed by atoms with Crippen LogP contribution in [0.15, 0.2) is 12.1 Å². The lowest BCUT2D eigenvalue weighted by atomic mass is 10.2. The van der Waals surface area contributed by atoms with Gasteiger partial charge in [-0.2, -0.15) is 0 Å². The molecule has 0 aliphatic carbocycles. The standard InChI is InChI=1S/C11H13ClO3/c1-7(2)15-11-5-9(12)8(6-13)4-10(11)14-3/h4-7H,1-3H3. The number of aldehydes is 1. The molecular formula is C11H13ClO3. The molecule has 0 radical (unpaired) electrons. The van der Waals surface area contributed by atoms with Crippen molar-refractivity contribution in [1.29, 1.82) is 0 Å². The van der Waals surface area contributed by atoms with Crippen molar-refractivity contribution < 1.29 is 14.3 Å². The quantitative estimate of drug-likeness (QED) is 0.744. The number of ether oxygens (including phenoxy) is 2. The van der Waals surface area contributed by atoms with Crippen LogP contribution in [-0.2, 0) is 0 Å². The number of benzene rings is 1. The Morgan fingerprint density at radius 2 is 2.00 bits per heavy atom. The SMILES string of the molecule is COc1cc(C=O)c(Cl)cc1OC(C)C. The molecule has 0 N–H and O–H groups in total. The first kappa shape index (κ1) is 11.9. The molecule has 1 aromatic carbocycles. The van der Waals surface area contributed by atoms with E-state index in [1.54, 1.807) is 12.1 Å². The van der Waals surface area contributed by atoms with Gasteiger partial charge in [-0.05, 0) is 19.9 Å². The average Bonchev–Trinajstić information content (AvgIpc) is 2.17. The van der Waals surface area contributed by atoms with Crippen molar-refractivity contribution in [3.05, 3.63) is 22.7 Å². The van der Waals surface area contributed by atoms with Gasteiger partial charge >= 0.3 is 0 Å². The smallest absolute Gasteiger partial charge is 0.163 e. The Morgan fingerprint density at radius 3 is 2.47 bits per heavy atom. The number of carbonyl (C=O) groups excluding carboxylic acids is 1. The van der Waals surface area contributed by atoms with Gasteiger partial charge in [-0.25, -0.2) is 0 Å². The molecular weight excluding hydrogens is 216 g/mol. The van der Waals surface area contributed by atoms with Crippen LogP contribution in [0, 0.1) is 0 Å². The second-order valence-electron chi connectivity index (χ2n) is 3.31. The maximum absolute atomic E-state index is 10.6. The molecule has 4 heteroatoms. The largest absolute Gasteiger partial charge is 0.493 e. The molecule has 15 heavy (non-hydrogen) atoms. The van der Waals surface area contributed by atoms with E-state index < -0.39 is 0 Å². The van der Waals surface area contributed by atoms with E-state index in [4.69, 9.17) is 21.1 Å². The zero-order valence-electron chi connectivity index (χ0n) is 8.91. The van der Waals surface area contributed by atoms with Gasteiger partial charge in [-0.1, -0.05) is 11.6 Å². The van der Waals surface area contributed by atoms with Gasteiger partial charge in [0.15, 0.2) is 17.8 Å². The molecule has 0 atom stereocenters. The van der Waals surface area contributed by atoms with E-state index in [1.165, 1.54) is 7.11 Å². The van der Waals surface area contributed by atoms with E-state index in [9.17, 15) is 4.79 Å². The summed E-state index contributed by atoms with van der Waals surface area (Å²) in [6, 6.07) is 3.15. The minimum atomic E-state index is 0.0250. The summed E-state index contributed by atoms with van der Waals surface area (Å²) < 4.78 is 10.6. The molecule has 0 spiro atoms. The fourth-order valence-electron chi connectivity index (χ4n) is 1.15. The van der Waals surface area contributed by atoms with E-state index in [1.807, 2.05) is 13.8 Å². The summed E-state index contributed by atoms with van der Waals surface area (Å²) in [5.41, 5.74) is 0.393. The normalized spacial score (nSPS) is 10.2. The first-order valence-corrected chi connectivity index (χ1v) is 4.95. The van der Waals surface area contributed by atoms with Crippen molar-refractivity contribution in [3.63, 3.8) is 0 Å². The highest BCUT2D eigenvalue weighted by Crippen LogP contribution is 2.33. The molecule has 82 valence electrons. The summed E-state index contributed by atoms with van der Waals surface area (Å²) in [7, 11) is 1.52. The highest BCUT2D eigenvalue weighted by Gasteiger charge is 2.11. The van der Waals surface area contributed by atoms with Crippen LogP contribution in [0.25, 0.3) is 0 Å². The Balaban J connectivity index is 3.15. The van der Waals surface area contributed by atoms with Crippen LogP contribution in [0.2, 0.25) is 5.02 Å². The molecule has 0 aliphatic rings. The van der Waals surface area contributed by atoms with E-state index in [-0.39, 0.29) is 6.10 Å². The zero-order chi connectivity index (χ0) is 11.4. The molecule has 0 fully saturated rings. The Labute approximate surface area is 93.9 Å². The van der Waals surface area contributed by atoms with E-state index in [2.05, 4.69) is 0 Å². The van der Waals surface area contributed by atoms with E-state index in [0.717, 1.165) is 0 Å². The van der Waals surface area contributed by atoms with Crippen LogP contribution in [-0.4, -0.2) is 19.5 Å². The summed E-state index contributed by atoms with van der Waals surface area (Å²) in [6.45, 7) is 3.81. The van der Waals surface area contributed by atoms with Crippen LogP contribution in [0.5, 0.6) is 11.5 Å². The second-order valence-corrected chi connectivity index (χ2v) is 3.72. The maximum atomic E-state index is 10.6. The Bertz CT molecular complexity index is 361. The third-order valence-corrected chi connectivity index (χ3v) is 2.10. The second kappa shape index (κ2) is 5.03. The van der Waals surface area contributed by atoms with Crippen molar-refractivity contribution in [2.24, 2.45) is 0 Å². The van der Waals surface area contributed by atoms with E-state index in [0.29, 0.717) is 28.4 Å². The highest BCUT2D eigenvalue weighted by atomic mass is 35.5. The summed E-state index contributed by atoms with van der Waals surface area (Å²) >= 11 is 5.88. The minimum absolute atomic E-state index is 0.0250. The predicted molar refractivity (Wildman–Crippen MR) is 59.2 cm³/mol. The lowest BCUT2D eigenvalue weighted by molar-refractivity contribution is 0.112. The van der Waals surface area contributed by atoms with Gasteiger partial charge < -0.3 is 9.47 Å². The number of carbonyl (C=O) groups is 1. The summed E-state index contributed by atoms with van der Waals surface area (Å²) in [5, 5.41) is 0.362. The minimum Gasteiger partial charge on any atom is -0.493 e. The van der Waals surface area contributed by atoms with Crippen LogP contribution in [0.3, 0.4) is 0 Å². The summed E-state index contributed by atoms with van der Waals surface area (Å²) in [4.78, 5) is 10.6. The number of methoxy groups -OCH3 is 1. The van der Waals surface area contributed by atoms with Gasteiger partial charge in [0.1, 0.15) is 0 Å². The molecule has 0 bridgehead atoms. The van der Waals surface area contributed by atoms with Crippen molar-refractivity contribution in [3.8, 4) is 11.5 Å². The van der Waals surface area contributed by atoms with Gasteiger partial charge in [0.2, 0.25) is 0 Å². The molecule has 0 unspecified atom stereocenters. The lowest BCUT2D eigenvalue weighted by Crippen LogP contribution is -2.07. The monoisotopic (exact) mass is 228 g/mol. The molecule has 0 heterocycles. The Hall–Kier alpha value is -1.22. The van der Waals surface area contributed by atoms with Gasteiger partial charge in [0.25, 0.3) is 0 Å². The van der Waals surface area contributed by atoms with Crippen LogP contribution < -0.4 is 9.47 Å². The molecule has 1 aromatic rings. The Kier molecular flexibility index (Phi) is 3.97. The molecule has 0 aromatic heterocycles. The fraction of sp³-hybridized carbons (Fsp3) is 0.364. The number of hydrogen-bond acceptors (Lipinski definition) is 3. The third kappa shape index (κ3) is 2.86. The van der Waals surface area contributed by atoms with Gasteiger partial charge in [0, 0.05) is 11.6 Å². The summed E-state index contributed by atoms with van der Waals surface area (Å²) in [5.74, 6) is 1.05. The van der Waals surface area contributed by atoms with Gasteiger partial charge in [-0.15, -0.1) is 0 Å². The van der Waals surface area contributed by atoms with Crippen LogP contribution >= 0.6 is 11.6 Å². The fourth-order valence-corrected chi connectivity index (χ4v) is 1.34. The topological polar surface area (TPSA) is 35.5 Å². The lowest BCUT2D eigenvalue weighted by Gasteiger charge is -2.14. The molecule has 1 rings (SSSR count). The predicted octanol–water partition coefficient (Wildman–Crippen LogP) is 2.95. The van der Waals surface area contributed by atoms with Crippen molar-refractivity contribution in [1.82, 2.24) is 0 Å². The average molecular weight is 229 g/mol. The third-order valence-electron chi connectivity index (χ3n) is 1.77. The molecule has 0 aliphatic heterocycles. The first-order chi connectivity index (χ1) is 7.08. The molecule has 0 saturated carbocycles. The Morgan fingerprint density at radius 1 is 1.33 bits per heavy atom. The van der Waals surface area contributed by atoms with Crippen LogP contribution in [0.4, 0.5) is 0 Å². The first-order valence-electron chi connectivity index (χ1n) is 4.57. The molecule has 0 amide bonds.